The normalized spacial score (nSPS) is 18.6. The van der Waals surface area contributed by atoms with Crippen LogP contribution in [0.5, 0.6) is 0 Å². The van der Waals surface area contributed by atoms with Crippen LogP contribution in [0, 0.1) is 5.82 Å². The summed E-state index contributed by atoms with van der Waals surface area (Å²) in [5, 5.41) is 13.7. The molecule has 1 amide bonds. The highest BCUT2D eigenvalue weighted by Crippen LogP contribution is 2.41. The summed E-state index contributed by atoms with van der Waals surface area (Å²) in [7, 11) is 3.51. The Morgan fingerprint density at radius 3 is 2.54 bits per heavy atom. The van der Waals surface area contributed by atoms with Crippen LogP contribution in [0.4, 0.5) is 27.3 Å². The fourth-order valence-corrected chi connectivity index (χ4v) is 6.92. The number of nitrogens with one attached hydrogen (secondary N) is 1. The molecule has 238 valence electrons. The van der Waals surface area contributed by atoms with Gasteiger partial charge in [-0.25, -0.2) is 9.37 Å². The first kappa shape index (κ1) is 29.9. The lowest BCUT2D eigenvalue weighted by atomic mass is 9.96. The van der Waals surface area contributed by atoms with Gasteiger partial charge in [0.15, 0.2) is 0 Å². The first-order chi connectivity index (χ1) is 22.2. The number of aliphatic hydroxyl groups is 1. The lowest BCUT2D eigenvalue weighted by Gasteiger charge is -2.35. The molecule has 0 unspecified atom stereocenters. The molecule has 3 aromatic rings. The lowest BCUT2D eigenvalue weighted by Crippen LogP contribution is -2.48. The Morgan fingerprint density at radius 1 is 0.978 bits per heavy atom. The van der Waals surface area contributed by atoms with Gasteiger partial charge in [0, 0.05) is 73.7 Å². The van der Waals surface area contributed by atoms with Crippen LogP contribution in [-0.2, 0) is 23.2 Å². The number of carbonyl (C=O) groups excluding carboxylic acids is 2. The molecule has 3 aliphatic heterocycles. The number of likely N-dealkylation sites (N-methyl/N-ethyl adjacent to an activating group) is 1. The number of fused-ring (bicyclic) bond motifs is 2. The number of aliphatic hydroxyl groups excluding tert-OH is 1. The number of nitrogens with zero attached hydrogens (tertiary/aromatic N) is 6. The van der Waals surface area contributed by atoms with Crippen molar-refractivity contribution < 1.29 is 19.1 Å². The average molecular weight is 626 g/mol. The van der Waals surface area contributed by atoms with E-state index in [9.17, 15) is 19.5 Å². The second-order valence-corrected chi connectivity index (χ2v) is 12.3. The maximum absolute atomic E-state index is 15.3. The Balaban J connectivity index is 1.19. The second kappa shape index (κ2) is 11.8. The van der Waals surface area contributed by atoms with Crippen molar-refractivity contribution in [1.29, 1.82) is 0 Å². The van der Waals surface area contributed by atoms with Crippen molar-refractivity contribution in [3.05, 3.63) is 87.6 Å². The number of pyridine rings is 2. The van der Waals surface area contributed by atoms with Crippen molar-refractivity contribution in [1.82, 2.24) is 19.4 Å². The summed E-state index contributed by atoms with van der Waals surface area (Å²) in [5.74, 6) is -0.0657. The minimum absolute atomic E-state index is 0.00400. The number of aryl methyl sites for hydroxylation is 1. The molecule has 2 N–H and O–H groups in total. The summed E-state index contributed by atoms with van der Waals surface area (Å²) in [5.41, 5.74) is 5.10. The topological polar surface area (TPSA) is 114 Å². The van der Waals surface area contributed by atoms with E-state index < -0.39 is 5.82 Å². The standard InChI is InChI=1S/C34H36FN7O4/c1-38-9-11-41(32(44)19-38)23-7-8-31(36-16-23)37-27-13-21(17-39(2)34(27)46)25-14-22(35)15-29(26(25)20-43)40-10-12-42-28-6-4-3-5-24(28)33(45)30(42)18-40/h7-8,13-18,43H,3-6,9-12,19-20H2,1-2H3,(H,36,37). The predicted molar refractivity (Wildman–Crippen MR) is 173 cm³/mol. The molecule has 0 atom stereocenters. The number of piperazine rings is 1. The number of Topliss-reactive ketones (excluding diaryl/α,β-unsaturated/α-hetero) is 1. The van der Waals surface area contributed by atoms with E-state index in [1.165, 1.54) is 16.7 Å². The van der Waals surface area contributed by atoms with Crippen LogP contribution in [0.3, 0.4) is 0 Å². The van der Waals surface area contributed by atoms with Gasteiger partial charge in [0.2, 0.25) is 11.7 Å². The number of halogens is 1. The van der Waals surface area contributed by atoms with Gasteiger partial charge in [0.05, 0.1) is 25.0 Å². The molecule has 0 bridgehead atoms. The maximum Gasteiger partial charge on any atom is 0.274 e. The highest BCUT2D eigenvalue weighted by Gasteiger charge is 2.38. The summed E-state index contributed by atoms with van der Waals surface area (Å²) in [6.07, 6.45) is 8.73. The van der Waals surface area contributed by atoms with Gasteiger partial charge in [-0.05, 0) is 68.6 Å². The zero-order chi connectivity index (χ0) is 32.1. The number of anilines is 4. The fourth-order valence-electron chi connectivity index (χ4n) is 6.92. The predicted octanol–water partition coefficient (Wildman–Crippen LogP) is 3.47. The van der Waals surface area contributed by atoms with Crippen LogP contribution < -0.4 is 20.7 Å². The zero-order valence-corrected chi connectivity index (χ0v) is 25.9. The van der Waals surface area contributed by atoms with Gasteiger partial charge in [0.1, 0.15) is 23.0 Å². The molecule has 11 nitrogen and oxygen atoms in total. The van der Waals surface area contributed by atoms with Crippen LogP contribution in [-0.4, -0.2) is 75.9 Å². The van der Waals surface area contributed by atoms with E-state index in [0.717, 1.165) is 43.5 Å². The number of ketones is 1. The lowest BCUT2D eigenvalue weighted by molar-refractivity contribution is -0.120. The Bertz CT molecular complexity index is 1870. The van der Waals surface area contributed by atoms with Crippen LogP contribution in [0.2, 0.25) is 0 Å². The molecule has 2 aromatic heterocycles. The quantitative estimate of drug-likeness (QED) is 0.425. The van der Waals surface area contributed by atoms with Gasteiger partial charge < -0.3 is 29.7 Å². The number of aromatic nitrogens is 2. The third-order valence-corrected chi connectivity index (χ3v) is 9.29. The molecule has 1 fully saturated rings. The highest BCUT2D eigenvalue weighted by molar-refractivity contribution is 6.11. The monoisotopic (exact) mass is 625 g/mol. The van der Waals surface area contributed by atoms with Crippen molar-refractivity contribution in [2.24, 2.45) is 7.05 Å². The van der Waals surface area contributed by atoms with Crippen LogP contribution in [0.1, 0.15) is 31.2 Å². The number of allylic oxidation sites excluding steroid dienone is 2. The number of hydrogen-bond donors (Lipinski definition) is 2. The smallest absolute Gasteiger partial charge is 0.274 e. The Hall–Kier alpha value is -4.81. The molecule has 1 saturated heterocycles. The molecule has 7 rings (SSSR count). The third-order valence-electron chi connectivity index (χ3n) is 9.29. The van der Waals surface area contributed by atoms with Gasteiger partial charge in [0.25, 0.3) is 5.56 Å². The van der Waals surface area contributed by atoms with Gasteiger partial charge in [-0.3, -0.25) is 19.3 Å². The molecular formula is C34H36FN7O4. The SMILES string of the molecule is CN1CCN(c2ccc(Nc3cc(-c4cc(F)cc(N5C=C6C(=O)C7=C(CCCC7)N6CC5)c4CO)cn(C)c3=O)nc2)C(=O)C1. The van der Waals surface area contributed by atoms with E-state index in [4.69, 9.17) is 0 Å². The van der Waals surface area contributed by atoms with Gasteiger partial charge in [-0.2, -0.15) is 0 Å². The zero-order valence-electron chi connectivity index (χ0n) is 25.9. The number of benzene rings is 1. The van der Waals surface area contributed by atoms with E-state index in [2.05, 4.69) is 15.2 Å². The van der Waals surface area contributed by atoms with Gasteiger partial charge in [-0.15, -0.1) is 0 Å². The minimum atomic E-state index is -0.503. The van der Waals surface area contributed by atoms with Crippen molar-refractivity contribution in [2.45, 2.75) is 32.3 Å². The third kappa shape index (κ3) is 5.27. The molecule has 0 saturated carbocycles. The molecule has 0 radical (unpaired) electrons. The van der Waals surface area contributed by atoms with E-state index in [0.29, 0.717) is 65.8 Å². The van der Waals surface area contributed by atoms with Crippen LogP contribution in [0.25, 0.3) is 11.1 Å². The highest BCUT2D eigenvalue weighted by atomic mass is 19.1. The van der Waals surface area contributed by atoms with Gasteiger partial charge >= 0.3 is 0 Å². The molecule has 4 aliphatic rings. The summed E-state index contributed by atoms with van der Waals surface area (Å²) < 4.78 is 16.7. The molecule has 0 spiro atoms. The largest absolute Gasteiger partial charge is 0.392 e. The van der Waals surface area contributed by atoms with Crippen molar-refractivity contribution in [3.63, 3.8) is 0 Å². The van der Waals surface area contributed by atoms with Crippen LogP contribution in [0.15, 0.2) is 70.7 Å². The second-order valence-electron chi connectivity index (χ2n) is 12.3. The fraction of sp³-hybridized carbons (Fsp3) is 0.353. The summed E-state index contributed by atoms with van der Waals surface area (Å²) >= 11 is 0. The molecule has 12 heteroatoms. The first-order valence-electron chi connectivity index (χ1n) is 15.6. The summed E-state index contributed by atoms with van der Waals surface area (Å²) in [4.78, 5) is 50.9. The van der Waals surface area contributed by atoms with Crippen molar-refractivity contribution in [3.8, 4) is 11.1 Å². The molecular weight excluding hydrogens is 589 g/mol. The van der Waals surface area contributed by atoms with Crippen molar-refractivity contribution >= 4 is 34.6 Å². The number of rotatable bonds is 6. The number of carbonyl (C=O) groups is 2. The maximum atomic E-state index is 15.3. The van der Waals surface area contributed by atoms with Gasteiger partial charge in [-0.1, -0.05) is 0 Å². The van der Waals surface area contributed by atoms with E-state index in [1.54, 1.807) is 48.7 Å². The molecule has 46 heavy (non-hydrogen) atoms. The summed E-state index contributed by atoms with van der Waals surface area (Å²) in [6.45, 7) is 2.40. The van der Waals surface area contributed by atoms with Crippen molar-refractivity contribution in [2.75, 3.05) is 54.9 Å². The summed E-state index contributed by atoms with van der Waals surface area (Å²) in [6, 6.07) is 7.84. The number of hydrogen-bond acceptors (Lipinski definition) is 9. The Kier molecular flexibility index (Phi) is 7.69. The van der Waals surface area contributed by atoms with E-state index in [1.807, 2.05) is 16.8 Å². The average Bonchev–Trinajstić information content (AvgIpc) is 3.34. The van der Waals surface area contributed by atoms with Crippen LogP contribution >= 0.6 is 0 Å². The minimum Gasteiger partial charge on any atom is -0.392 e. The molecule has 1 aliphatic carbocycles. The van der Waals surface area contributed by atoms with E-state index in [-0.39, 0.29) is 29.5 Å². The Morgan fingerprint density at radius 2 is 1.78 bits per heavy atom. The number of amides is 1. The first-order valence-corrected chi connectivity index (χ1v) is 15.6. The molecule has 1 aromatic carbocycles. The molecule has 5 heterocycles. The Labute approximate surface area is 265 Å². The van der Waals surface area contributed by atoms with E-state index >= 15 is 4.39 Å².